The van der Waals surface area contributed by atoms with Gasteiger partial charge in [0.1, 0.15) is 17.0 Å². The summed E-state index contributed by atoms with van der Waals surface area (Å²) in [7, 11) is 1.64. The van der Waals surface area contributed by atoms with E-state index in [1.54, 1.807) is 49.7 Å². The van der Waals surface area contributed by atoms with Crippen molar-refractivity contribution >= 4 is 17.5 Å². The van der Waals surface area contributed by atoms with Crippen molar-refractivity contribution < 1.29 is 14.7 Å². The van der Waals surface area contributed by atoms with Crippen molar-refractivity contribution in [3.63, 3.8) is 0 Å². The van der Waals surface area contributed by atoms with Crippen molar-refractivity contribution in [3.05, 3.63) is 35.8 Å². The Morgan fingerprint density at radius 3 is 2.85 bits per heavy atom. The van der Waals surface area contributed by atoms with Crippen LogP contribution < -0.4 is 5.32 Å². The van der Waals surface area contributed by atoms with Gasteiger partial charge >= 0.3 is 0 Å². The van der Waals surface area contributed by atoms with Crippen molar-refractivity contribution in [2.75, 3.05) is 20.1 Å². The monoisotopic (exact) mass is 454 g/mol. The summed E-state index contributed by atoms with van der Waals surface area (Å²) in [5, 5.41) is 13.3. The highest BCUT2D eigenvalue weighted by atomic mass is 16.3. The predicted molar refractivity (Wildman–Crippen MR) is 128 cm³/mol. The highest BCUT2D eigenvalue weighted by Gasteiger charge is 2.42. The maximum absolute atomic E-state index is 13.2. The third kappa shape index (κ3) is 5.24. The van der Waals surface area contributed by atoms with Crippen LogP contribution in [-0.4, -0.2) is 56.9 Å². The van der Waals surface area contributed by atoms with Crippen LogP contribution in [0.15, 0.2) is 24.4 Å². The Morgan fingerprint density at radius 1 is 1.33 bits per heavy atom. The predicted octanol–water partition coefficient (Wildman–Crippen LogP) is 3.90. The minimum atomic E-state index is -0.998. The molecule has 2 saturated carbocycles. The smallest absolute Gasteiger partial charge is 0.273 e. The fourth-order valence-corrected chi connectivity index (χ4v) is 6.18. The number of carbonyl (C=O) groups excluding carboxylic acids is 2. The second kappa shape index (κ2) is 9.09. The van der Waals surface area contributed by atoms with Crippen LogP contribution in [0.3, 0.4) is 0 Å². The quantitative estimate of drug-likeness (QED) is 0.664. The summed E-state index contributed by atoms with van der Waals surface area (Å²) in [6.45, 7) is 6.51. The normalized spacial score (nSPS) is 25.1. The molecule has 0 radical (unpaired) electrons. The zero-order chi connectivity index (χ0) is 23.8. The van der Waals surface area contributed by atoms with E-state index in [-0.39, 0.29) is 29.5 Å². The van der Waals surface area contributed by atoms with Gasteiger partial charge in [0.05, 0.1) is 5.60 Å². The molecule has 2 aliphatic carbocycles. The number of pyridine rings is 1. The van der Waals surface area contributed by atoms with Crippen LogP contribution in [0.5, 0.6) is 0 Å². The van der Waals surface area contributed by atoms with E-state index >= 15 is 0 Å². The molecule has 4 rings (SSSR count). The molecular weight excluding hydrogens is 416 g/mol. The summed E-state index contributed by atoms with van der Waals surface area (Å²) in [6, 6.07) is 5.37. The largest absolute Gasteiger partial charge is 0.389 e. The minimum Gasteiger partial charge on any atom is -0.389 e. The lowest BCUT2D eigenvalue weighted by Gasteiger charge is -2.48. The molecule has 2 amide bonds. The van der Waals surface area contributed by atoms with Gasteiger partial charge in [0.2, 0.25) is 0 Å². The Labute approximate surface area is 196 Å². The SMILES string of the molecule is CCC1CC2CCCC(CNC(=O)c3cccc4nc(C(=O)N(C)CC(C)(C)O)cn34)(C1)C2. The first-order chi connectivity index (χ1) is 15.6. The summed E-state index contributed by atoms with van der Waals surface area (Å²) in [5.74, 6) is 1.16. The summed E-state index contributed by atoms with van der Waals surface area (Å²) in [6.07, 6.45) is 10.4. The molecule has 0 spiro atoms. The molecule has 2 aromatic heterocycles. The highest BCUT2D eigenvalue weighted by Crippen LogP contribution is 2.51. The minimum absolute atomic E-state index is 0.128. The van der Waals surface area contributed by atoms with Gasteiger partial charge in [-0.15, -0.1) is 0 Å². The fourth-order valence-electron chi connectivity index (χ4n) is 6.18. The van der Waals surface area contributed by atoms with Gasteiger partial charge in [0.15, 0.2) is 0 Å². The average molecular weight is 455 g/mol. The van der Waals surface area contributed by atoms with Gasteiger partial charge in [-0.1, -0.05) is 32.3 Å². The molecule has 180 valence electrons. The Hall–Kier alpha value is -2.41. The third-order valence-electron chi connectivity index (χ3n) is 7.55. The first-order valence-electron chi connectivity index (χ1n) is 12.3. The van der Waals surface area contributed by atoms with E-state index < -0.39 is 5.60 Å². The Bertz CT molecular complexity index is 1020. The molecule has 7 nitrogen and oxygen atoms in total. The van der Waals surface area contributed by atoms with E-state index in [9.17, 15) is 14.7 Å². The standard InChI is InChI=1S/C26H38N4O3/c1-5-18-12-19-8-7-11-26(13-18,14-19)16-27-23(31)21-9-6-10-22-28-20(15-30(21)22)24(32)29(4)17-25(2,3)33/h6,9-10,15,18-19,33H,5,7-8,11-14,16-17H2,1-4H3,(H,27,31). The molecule has 7 heteroatoms. The molecule has 2 fully saturated rings. The number of likely N-dealkylation sites (N-methyl/N-ethyl adjacent to an activating group) is 1. The van der Waals surface area contributed by atoms with E-state index in [0.29, 0.717) is 17.9 Å². The number of aliphatic hydroxyl groups is 1. The Balaban J connectivity index is 1.50. The third-order valence-corrected chi connectivity index (χ3v) is 7.55. The van der Waals surface area contributed by atoms with Gasteiger partial charge in [-0.3, -0.25) is 14.0 Å². The van der Waals surface area contributed by atoms with E-state index in [2.05, 4.69) is 17.2 Å². The second-order valence-electron chi connectivity index (χ2n) is 11.1. The molecule has 3 unspecified atom stereocenters. The van der Waals surface area contributed by atoms with Crippen molar-refractivity contribution in [1.29, 1.82) is 0 Å². The summed E-state index contributed by atoms with van der Waals surface area (Å²) >= 11 is 0. The van der Waals surface area contributed by atoms with Crippen LogP contribution in [0.1, 0.15) is 86.7 Å². The highest BCUT2D eigenvalue weighted by molar-refractivity contribution is 5.95. The van der Waals surface area contributed by atoms with Gasteiger partial charge < -0.3 is 15.3 Å². The topological polar surface area (TPSA) is 86.9 Å². The Morgan fingerprint density at radius 2 is 2.12 bits per heavy atom. The average Bonchev–Trinajstić information content (AvgIpc) is 3.19. The molecule has 0 saturated heterocycles. The number of imidazole rings is 1. The van der Waals surface area contributed by atoms with Crippen molar-refractivity contribution in [1.82, 2.24) is 19.6 Å². The number of hydrogen-bond donors (Lipinski definition) is 2. The zero-order valence-corrected chi connectivity index (χ0v) is 20.4. The van der Waals surface area contributed by atoms with Gasteiger partial charge in [-0.2, -0.15) is 0 Å². The number of nitrogens with one attached hydrogen (secondary N) is 1. The first-order valence-corrected chi connectivity index (χ1v) is 12.3. The van der Waals surface area contributed by atoms with Crippen molar-refractivity contribution in [2.45, 2.75) is 71.3 Å². The molecule has 2 aromatic rings. The van der Waals surface area contributed by atoms with Crippen LogP contribution in [-0.2, 0) is 0 Å². The number of carbonyl (C=O) groups is 2. The van der Waals surface area contributed by atoms with Crippen LogP contribution >= 0.6 is 0 Å². The van der Waals surface area contributed by atoms with Crippen molar-refractivity contribution in [3.8, 4) is 0 Å². The van der Waals surface area contributed by atoms with Gasteiger partial charge in [-0.05, 0) is 68.9 Å². The molecule has 3 atom stereocenters. The van der Waals surface area contributed by atoms with Crippen LogP contribution in [0.4, 0.5) is 0 Å². The molecular formula is C26H38N4O3. The number of rotatable bonds is 7. The van der Waals surface area contributed by atoms with E-state index in [1.165, 1.54) is 49.8 Å². The maximum atomic E-state index is 13.2. The number of hydrogen-bond acceptors (Lipinski definition) is 4. The lowest BCUT2D eigenvalue weighted by Crippen LogP contribution is -2.45. The van der Waals surface area contributed by atoms with Crippen LogP contribution in [0, 0.1) is 17.3 Å². The lowest BCUT2D eigenvalue weighted by molar-refractivity contribution is 0.0365. The number of amides is 2. The number of fused-ring (bicyclic) bond motifs is 3. The van der Waals surface area contributed by atoms with E-state index in [4.69, 9.17) is 0 Å². The van der Waals surface area contributed by atoms with Crippen molar-refractivity contribution in [2.24, 2.45) is 17.3 Å². The number of nitrogens with zero attached hydrogens (tertiary/aromatic N) is 3. The van der Waals surface area contributed by atoms with Gasteiger partial charge in [0.25, 0.3) is 11.8 Å². The summed E-state index contributed by atoms with van der Waals surface area (Å²) < 4.78 is 1.69. The summed E-state index contributed by atoms with van der Waals surface area (Å²) in [4.78, 5) is 31.9. The van der Waals surface area contributed by atoms with Crippen LogP contribution in [0.25, 0.3) is 5.65 Å². The first kappa shape index (κ1) is 23.7. The molecule has 0 aliphatic heterocycles. The Kier molecular flexibility index (Phi) is 6.54. The fraction of sp³-hybridized carbons (Fsp3) is 0.654. The van der Waals surface area contributed by atoms with Crippen LogP contribution in [0.2, 0.25) is 0 Å². The summed E-state index contributed by atoms with van der Waals surface area (Å²) in [5.41, 5.74) is 0.524. The van der Waals surface area contributed by atoms with E-state index in [0.717, 1.165) is 11.8 Å². The molecule has 33 heavy (non-hydrogen) atoms. The van der Waals surface area contributed by atoms with E-state index in [1.807, 2.05) is 0 Å². The van der Waals surface area contributed by atoms with Gasteiger partial charge in [0, 0.05) is 26.3 Å². The lowest BCUT2D eigenvalue weighted by atomic mass is 9.58. The van der Waals surface area contributed by atoms with Gasteiger partial charge in [-0.25, -0.2) is 4.98 Å². The second-order valence-corrected chi connectivity index (χ2v) is 11.1. The molecule has 2 bridgehead atoms. The number of aromatic nitrogens is 2. The zero-order valence-electron chi connectivity index (χ0n) is 20.4. The molecule has 2 heterocycles. The molecule has 2 aliphatic rings. The molecule has 2 N–H and O–H groups in total. The molecule has 0 aromatic carbocycles. The maximum Gasteiger partial charge on any atom is 0.273 e.